The lowest BCUT2D eigenvalue weighted by Gasteiger charge is -2.20. The first-order valence-electron chi connectivity index (χ1n) is 11.4. The number of aryl methyl sites for hydroxylation is 1. The third kappa shape index (κ3) is 6.78. The SMILES string of the molecule is Cc1ccnc(-n2nc(C(N)=O)c3cc(CN(C)C(=O)CCCNC(=O)OC(C)(C)C)ccc32)c1. The van der Waals surface area contributed by atoms with Gasteiger partial charge in [0.1, 0.15) is 5.60 Å². The highest BCUT2D eigenvalue weighted by molar-refractivity contribution is 6.04. The van der Waals surface area contributed by atoms with Crippen LogP contribution in [0.25, 0.3) is 16.7 Å². The maximum Gasteiger partial charge on any atom is 0.407 e. The molecule has 0 aliphatic carbocycles. The van der Waals surface area contributed by atoms with Crippen LogP contribution in [-0.4, -0.2) is 56.8 Å². The lowest BCUT2D eigenvalue weighted by molar-refractivity contribution is -0.130. The Kier molecular flexibility index (Phi) is 7.73. The van der Waals surface area contributed by atoms with Crippen molar-refractivity contribution in [1.82, 2.24) is 25.0 Å². The molecule has 0 aliphatic rings. The summed E-state index contributed by atoms with van der Waals surface area (Å²) in [7, 11) is 1.71. The Balaban J connectivity index is 1.67. The molecule has 0 unspecified atom stereocenters. The van der Waals surface area contributed by atoms with E-state index < -0.39 is 17.6 Å². The van der Waals surface area contributed by atoms with E-state index in [4.69, 9.17) is 10.5 Å². The van der Waals surface area contributed by atoms with Crippen molar-refractivity contribution in [2.75, 3.05) is 13.6 Å². The molecule has 3 rings (SSSR count). The number of hydrogen-bond acceptors (Lipinski definition) is 6. The molecule has 186 valence electrons. The quantitative estimate of drug-likeness (QED) is 0.476. The Morgan fingerprint density at radius 1 is 1.17 bits per heavy atom. The number of carbonyl (C=O) groups is 3. The van der Waals surface area contributed by atoms with Gasteiger partial charge in [-0.1, -0.05) is 6.07 Å². The first kappa shape index (κ1) is 25.7. The molecule has 0 saturated carbocycles. The molecular formula is C25H32N6O4. The standard InChI is InChI=1S/C25H32N6O4/c1-16-10-12-27-20(13-16)31-19-9-8-17(14-18(19)22(29-31)23(26)33)15-30(5)21(32)7-6-11-28-24(34)35-25(2,3)4/h8-10,12-14H,6-7,11,15H2,1-5H3,(H2,26,33)(H,28,34). The molecule has 3 N–H and O–H groups in total. The van der Waals surface area contributed by atoms with Gasteiger partial charge in [-0.05, 0) is 69.5 Å². The molecule has 0 spiro atoms. The lowest BCUT2D eigenvalue weighted by Crippen LogP contribution is -2.33. The van der Waals surface area contributed by atoms with Crippen LogP contribution in [0.3, 0.4) is 0 Å². The Morgan fingerprint density at radius 2 is 1.91 bits per heavy atom. The van der Waals surface area contributed by atoms with Crippen LogP contribution in [0.5, 0.6) is 0 Å². The van der Waals surface area contributed by atoms with Gasteiger partial charge in [0, 0.05) is 38.1 Å². The number of aromatic nitrogens is 3. The Bertz CT molecular complexity index is 1240. The number of nitrogens with zero attached hydrogens (tertiary/aromatic N) is 4. The predicted molar refractivity (Wildman–Crippen MR) is 132 cm³/mol. The fourth-order valence-corrected chi connectivity index (χ4v) is 3.55. The number of nitrogens with one attached hydrogen (secondary N) is 1. The van der Waals surface area contributed by atoms with E-state index in [1.807, 2.05) is 37.3 Å². The summed E-state index contributed by atoms with van der Waals surface area (Å²) >= 11 is 0. The molecule has 10 nitrogen and oxygen atoms in total. The second-order valence-electron chi connectivity index (χ2n) is 9.45. The Hall–Kier alpha value is -3.95. The van der Waals surface area contributed by atoms with Gasteiger partial charge in [-0.25, -0.2) is 14.5 Å². The summed E-state index contributed by atoms with van der Waals surface area (Å²) in [4.78, 5) is 42.3. The molecule has 2 aromatic heterocycles. The van der Waals surface area contributed by atoms with Crippen molar-refractivity contribution in [3.8, 4) is 5.82 Å². The molecule has 35 heavy (non-hydrogen) atoms. The molecule has 3 amide bonds. The average Bonchev–Trinajstić information content (AvgIpc) is 3.14. The number of primary amides is 1. The third-order valence-electron chi connectivity index (χ3n) is 5.18. The Morgan fingerprint density at radius 3 is 2.57 bits per heavy atom. The van der Waals surface area contributed by atoms with E-state index in [2.05, 4.69) is 15.4 Å². The topological polar surface area (TPSA) is 132 Å². The number of pyridine rings is 1. The number of nitrogens with two attached hydrogens (primary N) is 1. The molecular weight excluding hydrogens is 448 g/mol. The number of fused-ring (bicyclic) bond motifs is 1. The number of benzene rings is 1. The zero-order valence-electron chi connectivity index (χ0n) is 20.8. The van der Waals surface area contributed by atoms with Gasteiger partial charge in [0.15, 0.2) is 11.5 Å². The normalized spacial score (nSPS) is 11.3. The van der Waals surface area contributed by atoms with Crippen LogP contribution in [0, 0.1) is 6.92 Å². The van der Waals surface area contributed by atoms with Gasteiger partial charge in [0.25, 0.3) is 5.91 Å². The van der Waals surface area contributed by atoms with E-state index in [0.29, 0.717) is 36.2 Å². The monoisotopic (exact) mass is 480 g/mol. The minimum atomic E-state index is -0.638. The zero-order valence-corrected chi connectivity index (χ0v) is 20.8. The third-order valence-corrected chi connectivity index (χ3v) is 5.18. The van der Waals surface area contributed by atoms with Crippen LogP contribution in [-0.2, 0) is 16.1 Å². The van der Waals surface area contributed by atoms with Crippen molar-refractivity contribution < 1.29 is 19.1 Å². The smallest absolute Gasteiger partial charge is 0.407 e. The van der Waals surface area contributed by atoms with E-state index in [9.17, 15) is 14.4 Å². The van der Waals surface area contributed by atoms with E-state index in [0.717, 1.165) is 11.1 Å². The first-order valence-corrected chi connectivity index (χ1v) is 11.4. The van der Waals surface area contributed by atoms with E-state index in [-0.39, 0.29) is 18.0 Å². The van der Waals surface area contributed by atoms with Crippen molar-refractivity contribution in [3.05, 3.63) is 53.3 Å². The van der Waals surface area contributed by atoms with Gasteiger partial charge >= 0.3 is 6.09 Å². The molecule has 10 heteroatoms. The van der Waals surface area contributed by atoms with Crippen LogP contribution in [0.2, 0.25) is 0 Å². The highest BCUT2D eigenvalue weighted by Crippen LogP contribution is 2.24. The molecule has 0 radical (unpaired) electrons. The van der Waals surface area contributed by atoms with E-state index in [1.54, 1.807) is 43.6 Å². The van der Waals surface area contributed by atoms with Crippen molar-refractivity contribution >= 4 is 28.8 Å². The summed E-state index contributed by atoms with van der Waals surface area (Å²) in [5, 5.41) is 7.64. The predicted octanol–water partition coefficient (Wildman–Crippen LogP) is 3.09. The zero-order chi connectivity index (χ0) is 25.8. The highest BCUT2D eigenvalue weighted by atomic mass is 16.6. The molecule has 2 heterocycles. The van der Waals surface area contributed by atoms with Gasteiger partial charge in [-0.2, -0.15) is 5.10 Å². The number of amides is 3. The fraction of sp³-hybridized carbons (Fsp3) is 0.400. The summed E-state index contributed by atoms with van der Waals surface area (Å²) in [6.45, 7) is 8.01. The van der Waals surface area contributed by atoms with Gasteiger partial charge in [-0.3, -0.25) is 9.59 Å². The molecule has 0 saturated heterocycles. The van der Waals surface area contributed by atoms with Crippen LogP contribution < -0.4 is 11.1 Å². The number of hydrogen-bond donors (Lipinski definition) is 2. The minimum absolute atomic E-state index is 0.0640. The lowest BCUT2D eigenvalue weighted by atomic mass is 10.1. The van der Waals surface area contributed by atoms with Crippen LogP contribution >= 0.6 is 0 Å². The second-order valence-corrected chi connectivity index (χ2v) is 9.45. The second kappa shape index (κ2) is 10.5. The van der Waals surface area contributed by atoms with Gasteiger partial charge in [0.05, 0.1) is 5.52 Å². The highest BCUT2D eigenvalue weighted by Gasteiger charge is 2.19. The summed E-state index contributed by atoms with van der Waals surface area (Å²) < 4.78 is 6.78. The van der Waals surface area contributed by atoms with E-state index >= 15 is 0 Å². The molecule has 3 aromatic rings. The summed E-state index contributed by atoms with van der Waals surface area (Å²) in [5.74, 6) is -0.117. The molecule has 0 bridgehead atoms. The van der Waals surface area contributed by atoms with Crippen molar-refractivity contribution in [2.24, 2.45) is 5.73 Å². The molecule has 0 atom stereocenters. The minimum Gasteiger partial charge on any atom is -0.444 e. The number of alkyl carbamates (subject to hydrolysis) is 1. The van der Waals surface area contributed by atoms with Crippen LogP contribution in [0.1, 0.15) is 55.2 Å². The summed E-state index contributed by atoms with van der Waals surface area (Å²) in [6.07, 6.45) is 1.94. The van der Waals surface area contributed by atoms with Gasteiger partial charge < -0.3 is 20.7 Å². The maximum absolute atomic E-state index is 12.6. The van der Waals surface area contributed by atoms with Crippen molar-refractivity contribution in [3.63, 3.8) is 0 Å². The van der Waals surface area contributed by atoms with E-state index in [1.165, 1.54) is 0 Å². The molecule has 0 aliphatic heterocycles. The number of rotatable bonds is 8. The molecule has 0 fully saturated rings. The number of carbonyl (C=O) groups excluding carboxylic acids is 3. The van der Waals surface area contributed by atoms with Crippen molar-refractivity contribution in [2.45, 2.75) is 52.7 Å². The van der Waals surface area contributed by atoms with Gasteiger partial charge in [0.2, 0.25) is 5.91 Å². The Labute approximate surface area is 204 Å². The maximum atomic E-state index is 12.6. The van der Waals surface area contributed by atoms with Crippen LogP contribution in [0.15, 0.2) is 36.5 Å². The number of ether oxygens (including phenoxy) is 1. The summed E-state index contributed by atoms with van der Waals surface area (Å²) in [6, 6.07) is 9.30. The largest absolute Gasteiger partial charge is 0.444 e. The van der Waals surface area contributed by atoms with Crippen molar-refractivity contribution in [1.29, 1.82) is 0 Å². The molecule has 1 aromatic carbocycles. The summed E-state index contributed by atoms with van der Waals surface area (Å²) in [5.41, 5.74) is 7.71. The average molecular weight is 481 g/mol. The first-order chi connectivity index (χ1) is 16.4. The fourth-order valence-electron chi connectivity index (χ4n) is 3.55. The van der Waals surface area contributed by atoms with Gasteiger partial charge in [-0.15, -0.1) is 0 Å². The van der Waals surface area contributed by atoms with Crippen LogP contribution in [0.4, 0.5) is 4.79 Å².